The van der Waals surface area contributed by atoms with Gasteiger partial charge < -0.3 is 5.11 Å². The summed E-state index contributed by atoms with van der Waals surface area (Å²) in [5.41, 5.74) is 0. The van der Waals surface area contributed by atoms with E-state index in [1.165, 1.54) is 4.90 Å². The molecule has 2 nitrogen and oxygen atoms in total. The molecule has 1 aromatic carbocycles. The molecule has 92 valence electrons. The molecule has 0 heterocycles. The van der Waals surface area contributed by atoms with Crippen molar-refractivity contribution in [1.29, 1.82) is 0 Å². The number of carboxylic acid groups (broad SMARTS) is 1. The molecule has 0 spiro atoms. The molecule has 1 aliphatic carbocycles. The molecule has 2 unspecified atom stereocenters. The second-order valence-corrected chi connectivity index (χ2v) is 5.75. The quantitative estimate of drug-likeness (QED) is 0.810. The Kier molecular flexibility index (Phi) is 4.49. The summed E-state index contributed by atoms with van der Waals surface area (Å²) in [7, 11) is 0. The first-order valence-corrected chi connectivity index (χ1v) is 7.16. The van der Waals surface area contributed by atoms with Crippen molar-refractivity contribution in [2.75, 3.05) is 5.75 Å². The highest BCUT2D eigenvalue weighted by atomic mass is 32.2. The molecular formula is C14H18O2S. The Balaban J connectivity index is 1.77. The van der Waals surface area contributed by atoms with Crippen molar-refractivity contribution in [3.63, 3.8) is 0 Å². The molecule has 1 aliphatic rings. The van der Waals surface area contributed by atoms with Gasteiger partial charge >= 0.3 is 5.97 Å². The topological polar surface area (TPSA) is 37.3 Å². The Hall–Kier alpha value is -0.960. The minimum absolute atomic E-state index is 0.0913. The molecule has 0 aliphatic heterocycles. The number of thioether (sulfide) groups is 1. The van der Waals surface area contributed by atoms with Gasteiger partial charge in [0.15, 0.2) is 0 Å². The summed E-state index contributed by atoms with van der Waals surface area (Å²) in [4.78, 5) is 12.3. The van der Waals surface area contributed by atoms with Crippen LogP contribution in [0.25, 0.3) is 0 Å². The van der Waals surface area contributed by atoms with E-state index < -0.39 is 5.97 Å². The van der Waals surface area contributed by atoms with E-state index in [4.69, 9.17) is 5.11 Å². The summed E-state index contributed by atoms with van der Waals surface area (Å²) >= 11 is 1.83. The van der Waals surface area contributed by atoms with E-state index in [-0.39, 0.29) is 5.92 Å². The van der Waals surface area contributed by atoms with E-state index in [0.717, 1.165) is 31.4 Å². The summed E-state index contributed by atoms with van der Waals surface area (Å²) in [6.45, 7) is 0. The molecule has 2 rings (SSSR count). The van der Waals surface area contributed by atoms with Gasteiger partial charge in [-0.1, -0.05) is 24.6 Å². The van der Waals surface area contributed by atoms with Gasteiger partial charge in [0.05, 0.1) is 5.92 Å². The molecule has 0 bridgehead atoms. The smallest absolute Gasteiger partial charge is 0.306 e. The molecule has 2 atom stereocenters. The first-order chi connectivity index (χ1) is 8.27. The lowest BCUT2D eigenvalue weighted by Crippen LogP contribution is -2.18. The highest BCUT2D eigenvalue weighted by Gasteiger charge is 2.32. The molecule has 3 heteroatoms. The Morgan fingerprint density at radius 2 is 2.06 bits per heavy atom. The van der Waals surface area contributed by atoms with Crippen molar-refractivity contribution in [1.82, 2.24) is 0 Å². The highest BCUT2D eigenvalue weighted by Crippen LogP contribution is 2.35. The van der Waals surface area contributed by atoms with Crippen molar-refractivity contribution in [2.45, 2.75) is 30.6 Å². The molecule has 1 N–H and O–H groups in total. The van der Waals surface area contributed by atoms with Crippen LogP contribution in [0.1, 0.15) is 25.7 Å². The maximum atomic E-state index is 11.0. The van der Waals surface area contributed by atoms with Crippen LogP contribution in [-0.2, 0) is 4.79 Å². The van der Waals surface area contributed by atoms with Crippen LogP contribution in [0, 0.1) is 11.8 Å². The monoisotopic (exact) mass is 250 g/mol. The van der Waals surface area contributed by atoms with Gasteiger partial charge in [-0.25, -0.2) is 0 Å². The van der Waals surface area contributed by atoms with Crippen molar-refractivity contribution in [3.8, 4) is 0 Å². The number of aliphatic carboxylic acids is 1. The highest BCUT2D eigenvalue weighted by molar-refractivity contribution is 7.99. The number of benzene rings is 1. The second kappa shape index (κ2) is 6.10. The fourth-order valence-corrected chi connectivity index (χ4v) is 3.56. The van der Waals surface area contributed by atoms with Gasteiger partial charge in [0, 0.05) is 4.90 Å². The Morgan fingerprint density at radius 3 is 2.76 bits per heavy atom. The van der Waals surface area contributed by atoms with Gasteiger partial charge in [-0.3, -0.25) is 4.79 Å². The number of carbonyl (C=O) groups is 1. The molecule has 0 amide bonds. The van der Waals surface area contributed by atoms with E-state index in [1.807, 2.05) is 30.0 Å². The van der Waals surface area contributed by atoms with Gasteiger partial charge in [-0.2, -0.15) is 0 Å². The standard InChI is InChI=1S/C14H18O2S/c15-14(16)13-8-4-5-11(13)9-10-17-12-6-2-1-3-7-12/h1-3,6-7,11,13H,4-5,8-10H2,(H,15,16). The van der Waals surface area contributed by atoms with Gasteiger partial charge in [0.2, 0.25) is 0 Å². The average Bonchev–Trinajstić information content (AvgIpc) is 2.79. The van der Waals surface area contributed by atoms with Crippen LogP contribution in [-0.4, -0.2) is 16.8 Å². The number of hydrogen-bond donors (Lipinski definition) is 1. The van der Waals surface area contributed by atoms with E-state index in [1.54, 1.807) is 0 Å². The van der Waals surface area contributed by atoms with Crippen molar-refractivity contribution >= 4 is 17.7 Å². The SMILES string of the molecule is O=C(O)C1CCCC1CCSc1ccccc1. The minimum atomic E-state index is -0.600. The number of rotatable bonds is 5. The fraction of sp³-hybridized carbons (Fsp3) is 0.500. The minimum Gasteiger partial charge on any atom is -0.481 e. The van der Waals surface area contributed by atoms with E-state index in [2.05, 4.69) is 12.1 Å². The molecule has 0 aromatic heterocycles. The van der Waals surface area contributed by atoms with Crippen LogP contribution >= 0.6 is 11.8 Å². The number of hydrogen-bond acceptors (Lipinski definition) is 2. The molecule has 0 saturated heterocycles. The van der Waals surface area contributed by atoms with Crippen LogP contribution in [0.3, 0.4) is 0 Å². The van der Waals surface area contributed by atoms with Crippen LogP contribution in [0.5, 0.6) is 0 Å². The summed E-state index contributed by atoms with van der Waals surface area (Å²) in [5.74, 6) is 0.727. The predicted molar refractivity (Wildman–Crippen MR) is 70.2 cm³/mol. The third kappa shape index (κ3) is 3.50. The lowest BCUT2D eigenvalue weighted by atomic mass is 9.94. The van der Waals surface area contributed by atoms with Crippen LogP contribution < -0.4 is 0 Å². The van der Waals surface area contributed by atoms with Crippen LogP contribution in [0.15, 0.2) is 35.2 Å². The Bertz CT molecular complexity index is 364. The van der Waals surface area contributed by atoms with Crippen molar-refractivity contribution in [3.05, 3.63) is 30.3 Å². The van der Waals surface area contributed by atoms with Crippen LogP contribution in [0.4, 0.5) is 0 Å². The molecule has 1 aromatic rings. The van der Waals surface area contributed by atoms with Crippen molar-refractivity contribution in [2.24, 2.45) is 11.8 Å². The van der Waals surface area contributed by atoms with E-state index in [0.29, 0.717) is 5.92 Å². The average molecular weight is 250 g/mol. The predicted octanol–water partition coefficient (Wildman–Crippen LogP) is 3.67. The first kappa shape index (κ1) is 12.5. The largest absolute Gasteiger partial charge is 0.481 e. The maximum absolute atomic E-state index is 11.0. The van der Waals surface area contributed by atoms with Gasteiger partial charge in [0.25, 0.3) is 0 Å². The molecule has 0 radical (unpaired) electrons. The van der Waals surface area contributed by atoms with Gasteiger partial charge in [-0.15, -0.1) is 11.8 Å². The summed E-state index contributed by atoms with van der Waals surface area (Å²) < 4.78 is 0. The van der Waals surface area contributed by atoms with Crippen LogP contribution in [0.2, 0.25) is 0 Å². The summed E-state index contributed by atoms with van der Waals surface area (Å²) in [5, 5.41) is 9.09. The zero-order valence-corrected chi connectivity index (χ0v) is 10.7. The third-order valence-electron chi connectivity index (χ3n) is 3.48. The first-order valence-electron chi connectivity index (χ1n) is 6.18. The third-order valence-corrected chi connectivity index (χ3v) is 4.52. The lowest BCUT2D eigenvalue weighted by molar-refractivity contribution is -0.142. The zero-order valence-electron chi connectivity index (χ0n) is 9.84. The Labute approximate surface area is 106 Å². The van der Waals surface area contributed by atoms with Gasteiger partial charge in [-0.05, 0) is 43.1 Å². The molecule has 1 fully saturated rings. The van der Waals surface area contributed by atoms with Crippen molar-refractivity contribution < 1.29 is 9.90 Å². The van der Waals surface area contributed by atoms with E-state index in [9.17, 15) is 4.79 Å². The summed E-state index contributed by atoms with van der Waals surface area (Å²) in [6, 6.07) is 10.3. The number of carboxylic acids is 1. The Morgan fingerprint density at radius 1 is 1.29 bits per heavy atom. The van der Waals surface area contributed by atoms with E-state index >= 15 is 0 Å². The normalized spacial score (nSPS) is 23.8. The maximum Gasteiger partial charge on any atom is 0.306 e. The lowest BCUT2D eigenvalue weighted by Gasteiger charge is -2.14. The second-order valence-electron chi connectivity index (χ2n) is 4.59. The van der Waals surface area contributed by atoms with Gasteiger partial charge in [0.1, 0.15) is 0 Å². The molecule has 17 heavy (non-hydrogen) atoms. The zero-order chi connectivity index (χ0) is 12.1. The fourth-order valence-electron chi connectivity index (χ4n) is 2.55. The molecular weight excluding hydrogens is 232 g/mol. The molecule has 1 saturated carbocycles. The summed E-state index contributed by atoms with van der Waals surface area (Å²) in [6.07, 6.45) is 4.07.